The highest BCUT2D eigenvalue weighted by Gasteiger charge is 2.11. The first-order valence-corrected chi connectivity index (χ1v) is 7.80. The number of hydrogen-bond acceptors (Lipinski definition) is 3. The predicted octanol–water partition coefficient (Wildman–Crippen LogP) is 5.91. The molecule has 2 heterocycles. The summed E-state index contributed by atoms with van der Waals surface area (Å²) >= 11 is 0. The van der Waals surface area contributed by atoms with E-state index in [1.165, 1.54) is 10.8 Å². The first-order valence-electron chi connectivity index (χ1n) is 7.80. The van der Waals surface area contributed by atoms with Gasteiger partial charge in [0.15, 0.2) is 5.58 Å². The summed E-state index contributed by atoms with van der Waals surface area (Å²) in [5.41, 5.74) is 3.55. The van der Waals surface area contributed by atoms with Gasteiger partial charge in [-0.3, -0.25) is 0 Å². The van der Waals surface area contributed by atoms with Crippen LogP contribution in [0.15, 0.2) is 87.9 Å². The van der Waals surface area contributed by atoms with Gasteiger partial charge in [-0.05, 0) is 53.2 Å². The molecule has 2 aromatic heterocycles. The Morgan fingerprint density at radius 2 is 1.58 bits per heavy atom. The Bertz CT molecular complexity index is 1150. The molecule has 0 N–H and O–H groups in total. The Labute approximate surface area is 138 Å². The first kappa shape index (κ1) is 13.1. The maximum atomic E-state index is 5.99. The third-order valence-electron chi connectivity index (χ3n) is 4.19. The predicted molar refractivity (Wildman–Crippen MR) is 94.7 cm³/mol. The van der Waals surface area contributed by atoms with Gasteiger partial charge in [-0.15, -0.1) is 0 Å². The topological polar surface area (TPSA) is 39.2 Å². The van der Waals surface area contributed by atoms with Gasteiger partial charge in [0.25, 0.3) is 0 Å². The molecule has 3 aromatic carbocycles. The number of oxazole rings is 1. The Balaban J connectivity index is 1.63. The summed E-state index contributed by atoms with van der Waals surface area (Å²) in [6, 6.07) is 24.2. The molecule has 0 radical (unpaired) electrons. The Morgan fingerprint density at radius 3 is 2.46 bits per heavy atom. The number of hydrogen-bond donors (Lipinski definition) is 0. The van der Waals surface area contributed by atoms with Crippen LogP contribution in [0.1, 0.15) is 0 Å². The monoisotopic (exact) mass is 311 g/mol. The van der Waals surface area contributed by atoms with Gasteiger partial charge in [0.1, 0.15) is 11.3 Å². The van der Waals surface area contributed by atoms with Crippen molar-refractivity contribution in [3.63, 3.8) is 0 Å². The fourth-order valence-corrected chi connectivity index (χ4v) is 2.97. The summed E-state index contributed by atoms with van der Waals surface area (Å²) in [6.45, 7) is 0. The van der Waals surface area contributed by atoms with Crippen molar-refractivity contribution in [3.05, 3.63) is 79.1 Å². The Morgan fingerprint density at radius 1 is 0.708 bits per heavy atom. The second-order valence-corrected chi connectivity index (χ2v) is 5.74. The molecule has 114 valence electrons. The molecule has 0 unspecified atom stereocenters. The van der Waals surface area contributed by atoms with Crippen LogP contribution in [0.3, 0.4) is 0 Å². The zero-order valence-corrected chi connectivity index (χ0v) is 12.8. The van der Waals surface area contributed by atoms with E-state index in [0.717, 1.165) is 28.0 Å². The van der Waals surface area contributed by atoms with Crippen LogP contribution in [0.25, 0.3) is 44.7 Å². The lowest BCUT2D eigenvalue weighted by Crippen LogP contribution is -1.78. The van der Waals surface area contributed by atoms with Crippen molar-refractivity contribution in [2.24, 2.45) is 0 Å². The molecule has 0 atom stereocenters. The van der Waals surface area contributed by atoms with Crippen molar-refractivity contribution in [2.45, 2.75) is 0 Å². The zero-order valence-electron chi connectivity index (χ0n) is 12.8. The third kappa shape index (κ3) is 2.10. The standard InChI is InChI=1S/C21H13NO2/c1-2-5-15-12-17(8-7-14(15)4-1)21-22-18-10-9-16(13-20(18)24-21)19-6-3-11-23-19/h1-13H. The molecule has 0 aliphatic carbocycles. The molecular weight excluding hydrogens is 298 g/mol. The van der Waals surface area contributed by atoms with Crippen molar-refractivity contribution in [1.82, 2.24) is 4.98 Å². The van der Waals surface area contributed by atoms with E-state index in [0.29, 0.717) is 5.89 Å². The van der Waals surface area contributed by atoms with E-state index in [4.69, 9.17) is 8.83 Å². The lowest BCUT2D eigenvalue weighted by atomic mass is 10.1. The molecule has 0 aliphatic heterocycles. The van der Waals surface area contributed by atoms with Crippen molar-refractivity contribution in [2.75, 3.05) is 0 Å². The van der Waals surface area contributed by atoms with Gasteiger partial charge in [-0.1, -0.05) is 30.3 Å². The van der Waals surface area contributed by atoms with Gasteiger partial charge < -0.3 is 8.83 Å². The van der Waals surface area contributed by atoms with Crippen LogP contribution >= 0.6 is 0 Å². The quantitative estimate of drug-likeness (QED) is 0.407. The lowest BCUT2D eigenvalue weighted by molar-refractivity contribution is 0.581. The summed E-state index contributed by atoms with van der Waals surface area (Å²) in [7, 11) is 0. The minimum absolute atomic E-state index is 0.632. The second-order valence-electron chi connectivity index (χ2n) is 5.74. The fourth-order valence-electron chi connectivity index (χ4n) is 2.97. The van der Waals surface area contributed by atoms with Gasteiger partial charge in [-0.25, -0.2) is 4.98 Å². The number of aromatic nitrogens is 1. The Kier molecular flexibility index (Phi) is 2.79. The van der Waals surface area contributed by atoms with Crippen LogP contribution in [0.5, 0.6) is 0 Å². The van der Waals surface area contributed by atoms with Crippen LogP contribution in [-0.4, -0.2) is 4.98 Å². The summed E-state index contributed by atoms with van der Waals surface area (Å²) < 4.78 is 11.4. The minimum Gasteiger partial charge on any atom is -0.464 e. The number of fused-ring (bicyclic) bond motifs is 2. The van der Waals surface area contributed by atoms with E-state index in [1.807, 2.05) is 48.5 Å². The highest BCUT2D eigenvalue weighted by molar-refractivity contribution is 5.87. The van der Waals surface area contributed by atoms with Gasteiger partial charge in [0, 0.05) is 11.1 Å². The van der Waals surface area contributed by atoms with Crippen LogP contribution in [-0.2, 0) is 0 Å². The maximum absolute atomic E-state index is 5.99. The molecule has 5 rings (SSSR count). The van der Waals surface area contributed by atoms with Crippen molar-refractivity contribution < 1.29 is 8.83 Å². The molecule has 0 spiro atoms. The van der Waals surface area contributed by atoms with Gasteiger partial charge in [-0.2, -0.15) is 0 Å². The van der Waals surface area contributed by atoms with Gasteiger partial charge in [0.05, 0.1) is 6.26 Å². The molecule has 0 bridgehead atoms. The van der Waals surface area contributed by atoms with E-state index in [9.17, 15) is 0 Å². The second kappa shape index (κ2) is 5.10. The van der Waals surface area contributed by atoms with E-state index in [1.54, 1.807) is 6.26 Å². The number of nitrogens with zero attached hydrogens (tertiary/aromatic N) is 1. The van der Waals surface area contributed by atoms with Crippen LogP contribution in [0.2, 0.25) is 0 Å². The molecule has 0 saturated carbocycles. The fraction of sp³-hybridized carbons (Fsp3) is 0. The molecule has 3 nitrogen and oxygen atoms in total. The van der Waals surface area contributed by atoms with Crippen LogP contribution < -0.4 is 0 Å². The lowest BCUT2D eigenvalue weighted by Gasteiger charge is -1.99. The van der Waals surface area contributed by atoms with Gasteiger partial charge in [0.2, 0.25) is 5.89 Å². The molecule has 3 heteroatoms. The number of furan rings is 1. The van der Waals surface area contributed by atoms with Crippen LogP contribution in [0.4, 0.5) is 0 Å². The molecule has 0 aliphatic rings. The minimum atomic E-state index is 0.632. The number of rotatable bonds is 2. The molecule has 0 amide bonds. The SMILES string of the molecule is c1coc(-c2ccc3nc(-c4ccc5ccccc5c4)oc3c2)c1. The smallest absolute Gasteiger partial charge is 0.227 e. The summed E-state index contributed by atoms with van der Waals surface area (Å²) in [4.78, 5) is 4.61. The summed E-state index contributed by atoms with van der Waals surface area (Å²) in [5.74, 6) is 1.45. The first-order chi connectivity index (χ1) is 11.9. The number of benzene rings is 3. The van der Waals surface area contributed by atoms with E-state index in [-0.39, 0.29) is 0 Å². The average Bonchev–Trinajstić information content (AvgIpc) is 3.30. The normalized spacial score (nSPS) is 11.3. The molecular formula is C21H13NO2. The van der Waals surface area contributed by atoms with E-state index < -0.39 is 0 Å². The van der Waals surface area contributed by atoms with Crippen molar-refractivity contribution in [3.8, 4) is 22.8 Å². The molecule has 24 heavy (non-hydrogen) atoms. The van der Waals surface area contributed by atoms with E-state index in [2.05, 4.69) is 29.2 Å². The summed E-state index contributed by atoms with van der Waals surface area (Å²) in [6.07, 6.45) is 1.67. The average molecular weight is 311 g/mol. The highest BCUT2D eigenvalue weighted by Crippen LogP contribution is 2.30. The maximum Gasteiger partial charge on any atom is 0.227 e. The largest absolute Gasteiger partial charge is 0.464 e. The summed E-state index contributed by atoms with van der Waals surface area (Å²) in [5, 5.41) is 2.38. The van der Waals surface area contributed by atoms with Crippen molar-refractivity contribution in [1.29, 1.82) is 0 Å². The Hall–Kier alpha value is -3.33. The zero-order chi connectivity index (χ0) is 15.9. The van der Waals surface area contributed by atoms with Crippen molar-refractivity contribution >= 4 is 21.9 Å². The third-order valence-corrected chi connectivity index (χ3v) is 4.19. The molecule has 0 fully saturated rings. The molecule has 5 aromatic rings. The van der Waals surface area contributed by atoms with Crippen LogP contribution in [0, 0.1) is 0 Å². The molecule has 0 saturated heterocycles. The van der Waals surface area contributed by atoms with E-state index >= 15 is 0 Å². The highest BCUT2D eigenvalue weighted by atomic mass is 16.3. The van der Waals surface area contributed by atoms with Gasteiger partial charge >= 0.3 is 0 Å².